The fraction of sp³-hybridized carbons (Fsp3) is 0.167. The largest absolute Gasteiger partial charge is 0.497 e. The topological polar surface area (TPSA) is 69.0 Å². The maximum absolute atomic E-state index is 13.6. The molecule has 1 amide bonds. The number of hydrogen-bond acceptors (Lipinski definition) is 4. The van der Waals surface area contributed by atoms with Crippen LogP contribution in [0.3, 0.4) is 0 Å². The zero-order valence-corrected chi connectivity index (χ0v) is 20.9. The normalized spacial score (nSPS) is 11.0. The number of nitrogens with zero attached hydrogens (tertiary/aromatic N) is 3. The molecule has 0 radical (unpaired) electrons. The van der Waals surface area contributed by atoms with E-state index in [9.17, 15) is 4.79 Å². The van der Waals surface area contributed by atoms with E-state index in [1.807, 2.05) is 91.3 Å². The first kappa shape index (κ1) is 23.3. The number of carbonyl (C=O) groups is 1. The van der Waals surface area contributed by atoms with Gasteiger partial charge in [0.1, 0.15) is 5.75 Å². The van der Waals surface area contributed by atoms with E-state index in [1.165, 1.54) is 0 Å². The van der Waals surface area contributed by atoms with Gasteiger partial charge in [0.25, 0.3) is 5.91 Å². The molecule has 0 atom stereocenters. The van der Waals surface area contributed by atoms with E-state index in [4.69, 9.17) is 9.72 Å². The number of nitrogens with one attached hydrogen (secondary N) is 1. The summed E-state index contributed by atoms with van der Waals surface area (Å²) in [6, 6.07) is 23.5. The minimum absolute atomic E-state index is 0.157. The average molecular weight is 477 g/mol. The Morgan fingerprint density at radius 3 is 2.53 bits per heavy atom. The molecule has 0 saturated heterocycles. The fourth-order valence-corrected chi connectivity index (χ4v) is 4.45. The minimum Gasteiger partial charge on any atom is -0.497 e. The molecule has 2 heterocycles. The molecule has 0 bridgehead atoms. The maximum Gasteiger partial charge on any atom is 0.256 e. The molecule has 0 aliphatic heterocycles. The molecule has 0 spiro atoms. The van der Waals surface area contributed by atoms with E-state index in [2.05, 4.69) is 17.3 Å². The fourth-order valence-electron chi connectivity index (χ4n) is 4.45. The lowest BCUT2D eigenvalue weighted by atomic mass is 10.0. The number of rotatable bonds is 6. The van der Waals surface area contributed by atoms with Crippen LogP contribution in [0.2, 0.25) is 0 Å². The van der Waals surface area contributed by atoms with Crippen molar-refractivity contribution < 1.29 is 9.53 Å². The molecular weight excluding hydrogens is 448 g/mol. The van der Waals surface area contributed by atoms with Crippen LogP contribution in [0.15, 0.2) is 79.0 Å². The van der Waals surface area contributed by atoms with Gasteiger partial charge in [-0.2, -0.15) is 5.10 Å². The number of anilines is 1. The lowest BCUT2D eigenvalue weighted by molar-refractivity contribution is 0.102. The standard InChI is InChI=1S/C30H28N4O2/c1-5-21-8-6-7-9-27(21)33-30(35)25-17-29(32-28-15-10-19(2)16-24(25)28)26-18-31-34(20(26)3)22-11-13-23(36-4)14-12-22/h6-18H,5H2,1-4H3,(H,33,35). The van der Waals surface area contributed by atoms with Crippen molar-refractivity contribution >= 4 is 22.5 Å². The number of benzene rings is 3. The van der Waals surface area contributed by atoms with Crippen molar-refractivity contribution in [3.8, 4) is 22.7 Å². The highest BCUT2D eigenvalue weighted by Crippen LogP contribution is 2.30. The van der Waals surface area contributed by atoms with Crippen LogP contribution >= 0.6 is 0 Å². The summed E-state index contributed by atoms with van der Waals surface area (Å²) in [6.45, 7) is 6.10. The van der Waals surface area contributed by atoms with Crippen LogP contribution in [0, 0.1) is 13.8 Å². The van der Waals surface area contributed by atoms with Gasteiger partial charge < -0.3 is 10.1 Å². The summed E-state index contributed by atoms with van der Waals surface area (Å²) in [5.74, 6) is 0.630. The van der Waals surface area contributed by atoms with Gasteiger partial charge in [0.2, 0.25) is 0 Å². The molecule has 3 aromatic carbocycles. The molecule has 5 aromatic rings. The summed E-state index contributed by atoms with van der Waals surface area (Å²) in [6.07, 6.45) is 2.64. The Balaban J connectivity index is 1.60. The zero-order valence-electron chi connectivity index (χ0n) is 20.9. The number of para-hydroxylation sites is 1. The van der Waals surface area contributed by atoms with Crippen LogP contribution in [-0.2, 0) is 6.42 Å². The molecule has 0 saturated carbocycles. The molecule has 0 aliphatic carbocycles. The number of fused-ring (bicyclic) bond motifs is 1. The molecule has 6 heteroatoms. The second-order valence-electron chi connectivity index (χ2n) is 8.79. The van der Waals surface area contributed by atoms with E-state index in [0.29, 0.717) is 11.3 Å². The number of methoxy groups -OCH3 is 1. The maximum atomic E-state index is 13.6. The molecule has 180 valence electrons. The first-order chi connectivity index (χ1) is 17.5. The first-order valence-corrected chi connectivity index (χ1v) is 12.0. The highest BCUT2D eigenvalue weighted by Gasteiger charge is 2.18. The van der Waals surface area contributed by atoms with Crippen LogP contribution in [0.5, 0.6) is 5.75 Å². The summed E-state index contributed by atoms with van der Waals surface area (Å²) < 4.78 is 7.14. The second kappa shape index (κ2) is 9.66. The molecule has 0 fully saturated rings. The first-order valence-electron chi connectivity index (χ1n) is 12.0. The molecule has 5 rings (SSSR count). The third-order valence-corrected chi connectivity index (χ3v) is 6.46. The Kier molecular flexibility index (Phi) is 6.25. The van der Waals surface area contributed by atoms with Crippen molar-refractivity contribution in [2.75, 3.05) is 12.4 Å². The number of amides is 1. The summed E-state index contributed by atoms with van der Waals surface area (Å²) in [7, 11) is 1.65. The Morgan fingerprint density at radius 1 is 1.00 bits per heavy atom. The summed E-state index contributed by atoms with van der Waals surface area (Å²) in [5, 5.41) is 8.56. The van der Waals surface area contributed by atoms with Gasteiger partial charge in [-0.05, 0) is 74.4 Å². The smallest absolute Gasteiger partial charge is 0.256 e. The van der Waals surface area contributed by atoms with Gasteiger partial charge in [0.15, 0.2) is 0 Å². The van der Waals surface area contributed by atoms with Gasteiger partial charge in [0.05, 0.1) is 41.5 Å². The van der Waals surface area contributed by atoms with Gasteiger partial charge in [-0.1, -0.05) is 36.8 Å². The van der Waals surface area contributed by atoms with Crippen LogP contribution in [0.25, 0.3) is 27.8 Å². The van der Waals surface area contributed by atoms with Crippen molar-refractivity contribution in [2.45, 2.75) is 27.2 Å². The van der Waals surface area contributed by atoms with Crippen LogP contribution in [0.1, 0.15) is 34.1 Å². The molecule has 36 heavy (non-hydrogen) atoms. The van der Waals surface area contributed by atoms with Crippen molar-refractivity contribution in [1.29, 1.82) is 0 Å². The second-order valence-corrected chi connectivity index (χ2v) is 8.79. The van der Waals surface area contributed by atoms with Crippen LogP contribution in [0.4, 0.5) is 5.69 Å². The molecule has 2 aromatic heterocycles. The van der Waals surface area contributed by atoms with Crippen LogP contribution in [-0.4, -0.2) is 27.8 Å². The predicted molar refractivity (Wildman–Crippen MR) is 144 cm³/mol. The summed E-state index contributed by atoms with van der Waals surface area (Å²) in [5.41, 5.74) is 7.78. The van der Waals surface area contributed by atoms with E-state index in [1.54, 1.807) is 13.3 Å². The Hall–Kier alpha value is -4.45. The average Bonchev–Trinajstić information content (AvgIpc) is 3.29. The van der Waals surface area contributed by atoms with Gasteiger partial charge in [-0.15, -0.1) is 0 Å². The Labute approximate surface area is 210 Å². The van der Waals surface area contributed by atoms with Crippen molar-refractivity contribution in [2.24, 2.45) is 0 Å². The number of aryl methyl sites for hydroxylation is 2. The lowest BCUT2D eigenvalue weighted by Crippen LogP contribution is -2.14. The highest BCUT2D eigenvalue weighted by atomic mass is 16.5. The highest BCUT2D eigenvalue weighted by molar-refractivity contribution is 6.13. The quantitative estimate of drug-likeness (QED) is 0.303. The van der Waals surface area contributed by atoms with Gasteiger partial charge in [0, 0.05) is 16.6 Å². The monoisotopic (exact) mass is 476 g/mol. The molecule has 0 aliphatic rings. The lowest BCUT2D eigenvalue weighted by Gasteiger charge is -2.13. The number of aromatic nitrogens is 3. The van der Waals surface area contributed by atoms with E-state index in [0.717, 1.165) is 56.8 Å². The number of ether oxygens (including phenoxy) is 1. The SMILES string of the molecule is CCc1ccccc1NC(=O)c1cc(-c2cnn(-c3ccc(OC)cc3)c2C)nc2ccc(C)cc12. The van der Waals surface area contributed by atoms with E-state index < -0.39 is 0 Å². The number of hydrogen-bond donors (Lipinski definition) is 1. The van der Waals surface area contributed by atoms with Crippen LogP contribution < -0.4 is 10.1 Å². The van der Waals surface area contributed by atoms with E-state index in [-0.39, 0.29) is 5.91 Å². The van der Waals surface area contributed by atoms with Gasteiger partial charge in [-0.3, -0.25) is 4.79 Å². The predicted octanol–water partition coefficient (Wildman–Crippen LogP) is 6.53. The molecule has 1 N–H and O–H groups in total. The summed E-state index contributed by atoms with van der Waals surface area (Å²) in [4.78, 5) is 18.5. The molecule has 6 nitrogen and oxygen atoms in total. The van der Waals surface area contributed by atoms with Gasteiger partial charge >= 0.3 is 0 Å². The van der Waals surface area contributed by atoms with E-state index >= 15 is 0 Å². The Morgan fingerprint density at radius 2 is 1.78 bits per heavy atom. The van der Waals surface area contributed by atoms with Crippen molar-refractivity contribution in [1.82, 2.24) is 14.8 Å². The zero-order chi connectivity index (χ0) is 25.2. The van der Waals surface area contributed by atoms with Gasteiger partial charge in [-0.25, -0.2) is 9.67 Å². The molecule has 0 unspecified atom stereocenters. The number of pyridine rings is 1. The van der Waals surface area contributed by atoms with Crippen molar-refractivity contribution in [3.63, 3.8) is 0 Å². The number of carbonyl (C=O) groups excluding carboxylic acids is 1. The third kappa shape index (κ3) is 4.33. The Bertz CT molecular complexity index is 1570. The van der Waals surface area contributed by atoms with Crippen molar-refractivity contribution in [3.05, 3.63) is 101 Å². The minimum atomic E-state index is -0.157. The summed E-state index contributed by atoms with van der Waals surface area (Å²) >= 11 is 0. The third-order valence-electron chi connectivity index (χ3n) is 6.46. The molecular formula is C30H28N4O2.